The van der Waals surface area contributed by atoms with Crippen molar-refractivity contribution >= 4 is 0 Å². The zero-order chi connectivity index (χ0) is 14.8. The van der Waals surface area contributed by atoms with E-state index in [1.165, 1.54) is 12.4 Å². The lowest BCUT2D eigenvalue weighted by molar-refractivity contribution is -0.00208. The van der Waals surface area contributed by atoms with Gasteiger partial charge in [-0.2, -0.15) is 0 Å². The number of hydrogen-bond acceptors (Lipinski definition) is 8. The standard InChI is InChI=1S/C12H20N2O6/c15-3-11(17)7-19-5-9-1-13-10(2-14-9)6-20-8-12(18)4-16/h1-2,11-12,15-18H,3-8H2/t11-,12-/m0/s1. The van der Waals surface area contributed by atoms with Crippen LogP contribution in [0, 0.1) is 0 Å². The van der Waals surface area contributed by atoms with Crippen molar-refractivity contribution in [3.05, 3.63) is 23.8 Å². The lowest BCUT2D eigenvalue weighted by Crippen LogP contribution is -2.19. The lowest BCUT2D eigenvalue weighted by atomic mass is 10.4. The molecule has 1 aromatic rings. The zero-order valence-electron chi connectivity index (χ0n) is 11.1. The van der Waals surface area contributed by atoms with Crippen molar-refractivity contribution in [1.82, 2.24) is 9.97 Å². The molecule has 0 saturated carbocycles. The average Bonchev–Trinajstić information content (AvgIpc) is 2.48. The highest BCUT2D eigenvalue weighted by molar-refractivity contribution is 5.00. The molecule has 20 heavy (non-hydrogen) atoms. The molecule has 1 heterocycles. The molecule has 0 aliphatic heterocycles. The number of hydrogen-bond donors (Lipinski definition) is 4. The first kappa shape index (κ1) is 16.9. The Labute approximate surface area is 116 Å². The summed E-state index contributed by atoms with van der Waals surface area (Å²) >= 11 is 0. The van der Waals surface area contributed by atoms with E-state index >= 15 is 0 Å². The van der Waals surface area contributed by atoms with Crippen LogP contribution < -0.4 is 0 Å². The highest BCUT2D eigenvalue weighted by Gasteiger charge is 2.05. The predicted molar refractivity (Wildman–Crippen MR) is 67.5 cm³/mol. The topological polar surface area (TPSA) is 125 Å². The minimum Gasteiger partial charge on any atom is -0.394 e. The predicted octanol–water partition coefficient (Wildman–Crippen LogP) is -1.78. The number of aliphatic hydroxyl groups excluding tert-OH is 4. The molecule has 4 N–H and O–H groups in total. The van der Waals surface area contributed by atoms with Crippen LogP contribution in [0.3, 0.4) is 0 Å². The zero-order valence-corrected chi connectivity index (χ0v) is 11.1. The molecule has 0 aromatic carbocycles. The number of rotatable bonds is 10. The molecule has 0 saturated heterocycles. The lowest BCUT2D eigenvalue weighted by Gasteiger charge is -2.09. The Kier molecular flexibility index (Phi) is 8.19. The van der Waals surface area contributed by atoms with Gasteiger partial charge in [-0.1, -0.05) is 0 Å². The molecule has 0 fully saturated rings. The molecule has 114 valence electrons. The average molecular weight is 288 g/mol. The van der Waals surface area contributed by atoms with E-state index < -0.39 is 12.2 Å². The first-order chi connectivity index (χ1) is 9.65. The molecule has 0 aliphatic rings. The first-order valence-electron chi connectivity index (χ1n) is 6.18. The minimum atomic E-state index is -0.895. The normalized spacial score (nSPS) is 14.2. The molecule has 8 nitrogen and oxygen atoms in total. The van der Waals surface area contributed by atoms with Gasteiger partial charge in [-0.25, -0.2) is 0 Å². The largest absolute Gasteiger partial charge is 0.394 e. The molecular formula is C12H20N2O6. The molecule has 1 aromatic heterocycles. The van der Waals surface area contributed by atoms with Crippen molar-refractivity contribution in [1.29, 1.82) is 0 Å². The van der Waals surface area contributed by atoms with Gasteiger partial charge in [-0.3, -0.25) is 9.97 Å². The Bertz CT molecular complexity index is 326. The van der Waals surface area contributed by atoms with E-state index in [0.717, 1.165) is 0 Å². The van der Waals surface area contributed by atoms with Crippen molar-refractivity contribution in [3.8, 4) is 0 Å². The fourth-order valence-electron chi connectivity index (χ4n) is 1.24. The third-order valence-corrected chi connectivity index (χ3v) is 2.30. The molecule has 0 unspecified atom stereocenters. The second kappa shape index (κ2) is 9.70. The third-order valence-electron chi connectivity index (χ3n) is 2.30. The monoisotopic (exact) mass is 288 g/mol. The van der Waals surface area contributed by atoms with Crippen molar-refractivity contribution in [2.75, 3.05) is 26.4 Å². The summed E-state index contributed by atoms with van der Waals surface area (Å²) in [6.07, 6.45) is 1.25. The summed E-state index contributed by atoms with van der Waals surface area (Å²) in [4.78, 5) is 8.19. The second-order valence-corrected chi connectivity index (χ2v) is 4.20. The summed E-state index contributed by atoms with van der Waals surface area (Å²) < 4.78 is 10.3. The molecular weight excluding hydrogens is 268 g/mol. The first-order valence-corrected chi connectivity index (χ1v) is 6.18. The number of aliphatic hydroxyl groups is 4. The molecule has 0 spiro atoms. The van der Waals surface area contributed by atoms with Crippen LogP contribution in [0.25, 0.3) is 0 Å². The Morgan fingerprint density at radius 2 is 1.25 bits per heavy atom. The Morgan fingerprint density at radius 3 is 1.55 bits per heavy atom. The second-order valence-electron chi connectivity index (χ2n) is 4.20. The number of aromatic nitrogens is 2. The molecule has 1 rings (SSSR count). The van der Waals surface area contributed by atoms with Crippen LogP contribution in [0.15, 0.2) is 12.4 Å². The van der Waals surface area contributed by atoms with Crippen LogP contribution in [0.5, 0.6) is 0 Å². The molecule has 8 heteroatoms. The van der Waals surface area contributed by atoms with Crippen LogP contribution in [-0.2, 0) is 22.7 Å². The molecule has 2 atom stereocenters. The van der Waals surface area contributed by atoms with Gasteiger partial charge in [-0.15, -0.1) is 0 Å². The van der Waals surface area contributed by atoms with E-state index in [-0.39, 0.29) is 39.6 Å². The molecule has 0 radical (unpaired) electrons. The number of ether oxygens (including phenoxy) is 2. The summed E-state index contributed by atoms with van der Waals surface area (Å²) in [5.41, 5.74) is 1.18. The summed E-state index contributed by atoms with van der Waals surface area (Å²) in [5, 5.41) is 35.4. The summed E-state index contributed by atoms with van der Waals surface area (Å²) in [6.45, 7) is -0.254. The van der Waals surface area contributed by atoms with Crippen LogP contribution >= 0.6 is 0 Å². The Morgan fingerprint density at radius 1 is 0.850 bits per heavy atom. The maximum Gasteiger partial charge on any atom is 0.100 e. The molecule has 0 amide bonds. The van der Waals surface area contributed by atoms with E-state index in [4.69, 9.17) is 29.9 Å². The Hall–Kier alpha value is -1.16. The van der Waals surface area contributed by atoms with Gasteiger partial charge in [-0.05, 0) is 0 Å². The van der Waals surface area contributed by atoms with Crippen LogP contribution in [0.4, 0.5) is 0 Å². The summed E-state index contributed by atoms with van der Waals surface area (Å²) in [5.74, 6) is 0. The van der Waals surface area contributed by atoms with Gasteiger partial charge in [0.05, 0.1) is 63.4 Å². The minimum absolute atomic E-state index is 0.0299. The quantitative estimate of drug-likeness (QED) is 0.398. The fraction of sp³-hybridized carbons (Fsp3) is 0.667. The summed E-state index contributed by atoms with van der Waals surface area (Å²) in [6, 6.07) is 0. The summed E-state index contributed by atoms with van der Waals surface area (Å²) in [7, 11) is 0. The van der Waals surface area contributed by atoms with E-state index in [1.807, 2.05) is 0 Å². The maximum atomic E-state index is 9.08. The third kappa shape index (κ3) is 6.85. The van der Waals surface area contributed by atoms with Crippen LogP contribution in [0.2, 0.25) is 0 Å². The van der Waals surface area contributed by atoms with Gasteiger partial charge < -0.3 is 29.9 Å². The van der Waals surface area contributed by atoms with E-state index in [2.05, 4.69) is 9.97 Å². The maximum absolute atomic E-state index is 9.08. The fourth-order valence-corrected chi connectivity index (χ4v) is 1.24. The highest BCUT2D eigenvalue weighted by Crippen LogP contribution is 2.00. The smallest absolute Gasteiger partial charge is 0.100 e. The van der Waals surface area contributed by atoms with Gasteiger partial charge in [0.2, 0.25) is 0 Å². The highest BCUT2D eigenvalue weighted by atomic mass is 16.5. The van der Waals surface area contributed by atoms with Crippen molar-refractivity contribution in [2.24, 2.45) is 0 Å². The van der Waals surface area contributed by atoms with E-state index in [0.29, 0.717) is 11.4 Å². The van der Waals surface area contributed by atoms with E-state index in [1.54, 1.807) is 0 Å². The van der Waals surface area contributed by atoms with Gasteiger partial charge in [0.25, 0.3) is 0 Å². The van der Waals surface area contributed by atoms with Gasteiger partial charge in [0.15, 0.2) is 0 Å². The van der Waals surface area contributed by atoms with Crippen molar-refractivity contribution in [3.63, 3.8) is 0 Å². The van der Waals surface area contributed by atoms with Crippen molar-refractivity contribution in [2.45, 2.75) is 25.4 Å². The molecule has 0 aliphatic carbocycles. The van der Waals surface area contributed by atoms with Crippen LogP contribution in [-0.4, -0.2) is 69.0 Å². The molecule has 0 bridgehead atoms. The van der Waals surface area contributed by atoms with Gasteiger partial charge in [0, 0.05) is 0 Å². The van der Waals surface area contributed by atoms with Crippen LogP contribution in [0.1, 0.15) is 11.4 Å². The Balaban J connectivity index is 2.26. The SMILES string of the molecule is OC[C@H](O)COCc1cnc(COC[C@@H](O)CO)cn1. The van der Waals surface area contributed by atoms with Gasteiger partial charge in [0.1, 0.15) is 12.2 Å². The van der Waals surface area contributed by atoms with Gasteiger partial charge >= 0.3 is 0 Å². The number of nitrogens with zero attached hydrogens (tertiary/aromatic N) is 2. The van der Waals surface area contributed by atoms with E-state index in [9.17, 15) is 0 Å². The van der Waals surface area contributed by atoms with Crippen molar-refractivity contribution < 1.29 is 29.9 Å².